The molecule has 3 nitrogen and oxygen atoms in total. The lowest BCUT2D eigenvalue weighted by Gasteiger charge is -2.34. The van der Waals surface area contributed by atoms with E-state index >= 15 is 0 Å². The van der Waals surface area contributed by atoms with Crippen molar-refractivity contribution < 1.29 is 4.79 Å². The molecule has 0 radical (unpaired) electrons. The minimum atomic E-state index is 0.0301. The van der Waals surface area contributed by atoms with E-state index in [0.717, 1.165) is 23.2 Å². The van der Waals surface area contributed by atoms with Crippen molar-refractivity contribution in [2.75, 3.05) is 19.6 Å². The molecule has 1 N–H and O–H groups in total. The third-order valence-electron chi connectivity index (χ3n) is 2.92. The number of hydrogen-bond donors (Lipinski definition) is 1. The lowest BCUT2D eigenvalue weighted by molar-refractivity contribution is 0.0656. The summed E-state index contributed by atoms with van der Waals surface area (Å²) in [5, 5.41) is 3.80. The predicted molar refractivity (Wildman–Crippen MR) is 77.5 cm³/mol. The molecular formula is C12H14ClIN2O. The lowest BCUT2D eigenvalue weighted by Crippen LogP contribution is -2.52. The van der Waals surface area contributed by atoms with Crippen molar-refractivity contribution in [3.8, 4) is 0 Å². The summed E-state index contributed by atoms with van der Waals surface area (Å²) in [6.07, 6.45) is 0. The highest BCUT2D eigenvalue weighted by Crippen LogP contribution is 2.21. The average Bonchev–Trinajstić information content (AvgIpc) is 2.32. The predicted octanol–water partition coefficient (Wildman–Crippen LogP) is 2.38. The Morgan fingerprint density at radius 2 is 2.35 bits per heavy atom. The molecule has 1 saturated heterocycles. The maximum atomic E-state index is 12.4. The van der Waals surface area contributed by atoms with Crippen molar-refractivity contribution in [3.63, 3.8) is 0 Å². The molecular weight excluding hydrogens is 351 g/mol. The SMILES string of the molecule is C[C@H]1CNCCN1C(=O)c1cc(I)ccc1Cl. The maximum Gasteiger partial charge on any atom is 0.255 e. The van der Waals surface area contributed by atoms with Gasteiger partial charge in [-0.05, 0) is 47.7 Å². The van der Waals surface area contributed by atoms with Gasteiger partial charge in [0, 0.05) is 29.2 Å². The number of benzene rings is 1. The first kappa shape index (κ1) is 13.1. The van der Waals surface area contributed by atoms with Crippen LogP contribution in [0.5, 0.6) is 0 Å². The van der Waals surface area contributed by atoms with E-state index in [4.69, 9.17) is 11.6 Å². The van der Waals surface area contributed by atoms with Gasteiger partial charge in [0.1, 0.15) is 0 Å². The summed E-state index contributed by atoms with van der Waals surface area (Å²) in [6.45, 7) is 4.47. The molecule has 0 saturated carbocycles. The first-order chi connectivity index (χ1) is 8.09. The second-order valence-corrected chi connectivity index (χ2v) is 5.83. The van der Waals surface area contributed by atoms with E-state index in [9.17, 15) is 4.79 Å². The first-order valence-corrected chi connectivity index (χ1v) is 7.02. The topological polar surface area (TPSA) is 32.3 Å². The Morgan fingerprint density at radius 3 is 3.06 bits per heavy atom. The summed E-state index contributed by atoms with van der Waals surface area (Å²) >= 11 is 8.28. The van der Waals surface area contributed by atoms with Gasteiger partial charge in [-0.3, -0.25) is 4.79 Å². The van der Waals surface area contributed by atoms with Gasteiger partial charge in [0.15, 0.2) is 0 Å². The fourth-order valence-electron chi connectivity index (χ4n) is 1.96. The van der Waals surface area contributed by atoms with Crippen LogP contribution in [0.2, 0.25) is 5.02 Å². The fourth-order valence-corrected chi connectivity index (χ4v) is 2.65. The van der Waals surface area contributed by atoms with Crippen LogP contribution in [-0.2, 0) is 0 Å². The molecule has 1 aliphatic rings. The van der Waals surface area contributed by atoms with Crippen LogP contribution in [0, 0.1) is 3.57 Å². The molecule has 1 aliphatic heterocycles. The van der Waals surface area contributed by atoms with E-state index < -0.39 is 0 Å². The highest BCUT2D eigenvalue weighted by molar-refractivity contribution is 14.1. The number of carbonyl (C=O) groups excluding carboxylic acids is 1. The summed E-state index contributed by atoms with van der Waals surface area (Å²) in [6, 6.07) is 5.75. The molecule has 2 rings (SSSR count). The van der Waals surface area contributed by atoms with Gasteiger partial charge in [0.25, 0.3) is 5.91 Å². The summed E-state index contributed by atoms with van der Waals surface area (Å²) < 4.78 is 1.03. The van der Waals surface area contributed by atoms with Crippen molar-refractivity contribution in [1.82, 2.24) is 10.2 Å². The standard InChI is InChI=1S/C12H14ClIN2O/c1-8-7-15-4-5-16(8)12(17)10-6-9(14)2-3-11(10)13/h2-3,6,8,15H,4-5,7H2,1H3/t8-/m0/s1. The van der Waals surface area contributed by atoms with E-state index in [1.165, 1.54) is 0 Å². The Kier molecular flexibility index (Phi) is 4.27. The molecule has 1 heterocycles. The van der Waals surface area contributed by atoms with Gasteiger partial charge in [-0.25, -0.2) is 0 Å². The molecule has 0 unspecified atom stereocenters. The monoisotopic (exact) mass is 364 g/mol. The van der Waals surface area contributed by atoms with Crippen molar-refractivity contribution in [3.05, 3.63) is 32.4 Å². The van der Waals surface area contributed by atoms with Crippen LogP contribution in [0.3, 0.4) is 0 Å². The summed E-state index contributed by atoms with van der Waals surface area (Å²) in [5.74, 6) is 0.0301. The molecule has 0 spiro atoms. The minimum Gasteiger partial charge on any atom is -0.333 e. The fraction of sp³-hybridized carbons (Fsp3) is 0.417. The molecule has 1 fully saturated rings. The zero-order chi connectivity index (χ0) is 12.4. The molecule has 0 bridgehead atoms. The summed E-state index contributed by atoms with van der Waals surface area (Å²) in [4.78, 5) is 14.3. The highest BCUT2D eigenvalue weighted by Gasteiger charge is 2.25. The van der Waals surface area contributed by atoms with Crippen LogP contribution in [0.4, 0.5) is 0 Å². The number of piperazine rings is 1. The number of nitrogens with zero attached hydrogens (tertiary/aromatic N) is 1. The van der Waals surface area contributed by atoms with Crippen LogP contribution in [-0.4, -0.2) is 36.5 Å². The highest BCUT2D eigenvalue weighted by atomic mass is 127. The zero-order valence-corrected chi connectivity index (χ0v) is 12.5. The van der Waals surface area contributed by atoms with Gasteiger partial charge < -0.3 is 10.2 Å². The van der Waals surface area contributed by atoms with E-state index in [-0.39, 0.29) is 11.9 Å². The number of halogens is 2. The molecule has 0 aliphatic carbocycles. The summed E-state index contributed by atoms with van der Waals surface area (Å²) in [7, 11) is 0. The smallest absolute Gasteiger partial charge is 0.255 e. The molecule has 92 valence electrons. The number of nitrogens with one attached hydrogen (secondary N) is 1. The molecule has 5 heteroatoms. The number of carbonyl (C=O) groups is 1. The van der Waals surface area contributed by atoms with Crippen LogP contribution in [0.25, 0.3) is 0 Å². The van der Waals surface area contributed by atoms with E-state index in [2.05, 4.69) is 27.9 Å². The van der Waals surface area contributed by atoms with Crippen molar-refractivity contribution in [2.24, 2.45) is 0 Å². The molecule has 1 aromatic carbocycles. The Morgan fingerprint density at radius 1 is 1.59 bits per heavy atom. The van der Waals surface area contributed by atoms with E-state index in [0.29, 0.717) is 10.6 Å². The zero-order valence-electron chi connectivity index (χ0n) is 9.54. The van der Waals surface area contributed by atoms with Crippen LogP contribution >= 0.6 is 34.2 Å². The van der Waals surface area contributed by atoms with Gasteiger partial charge in [-0.2, -0.15) is 0 Å². The third-order valence-corrected chi connectivity index (χ3v) is 3.92. The lowest BCUT2D eigenvalue weighted by atomic mass is 10.1. The molecule has 1 atom stereocenters. The van der Waals surface area contributed by atoms with Crippen molar-refractivity contribution >= 4 is 40.1 Å². The number of rotatable bonds is 1. The third kappa shape index (κ3) is 2.92. The van der Waals surface area contributed by atoms with Crippen LogP contribution < -0.4 is 5.32 Å². The van der Waals surface area contributed by atoms with Gasteiger partial charge >= 0.3 is 0 Å². The van der Waals surface area contributed by atoms with E-state index in [1.54, 1.807) is 6.07 Å². The first-order valence-electron chi connectivity index (χ1n) is 5.56. The Labute approximate surface area is 120 Å². The average molecular weight is 365 g/mol. The largest absolute Gasteiger partial charge is 0.333 e. The van der Waals surface area contributed by atoms with Crippen molar-refractivity contribution in [2.45, 2.75) is 13.0 Å². The second-order valence-electron chi connectivity index (χ2n) is 4.18. The minimum absolute atomic E-state index is 0.0301. The normalized spacial score (nSPS) is 20.4. The maximum absolute atomic E-state index is 12.4. The number of amides is 1. The molecule has 0 aromatic heterocycles. The Balaban J connectivity index is 2.26. The van der Waals surface area contributed by atoms with Crippen LogP contribution in [0.15, 0.2) is 18.2 Å². The van der Waals surface area contributed by atoms with Gasteiger partial charge in [0.05, 0.1) is 10.6 Å². The van der Waals surface area contributed by atoms with Gasteiger partial charge in [-0.1, -0.05) is 11.6 Å². The summed E-state index contributed by atoms with van der Waals surface area (Å²) in [5.41, 5.74) is 0.604. The van der Waals surface area contributed by atoms with E-state index in [1.807, 2.05) is 24.0 Å². The quantitative estimate of drug-likeness (QED) is 0.776. The number of hydrogen-bond acceptors (Lipinski definition) is 2. The van der Waals surface area contributed by atoms with Crippen molar-refractivity contribution in [1.29, 1.82) is 0 Å². The van der Waals surface area contributed by atoms with Gasteiger partial charge in [-0.15, -0.1) is 0 Å². The second kappa shape index (κ2) is 5.54. The van der Waals surface area contributed by atoms with Gasteiger partial charge in [0.2, 0.25) is 0 Å². The molecule has 17 heavy (non-hydrogen) atoms. The molecule has 1 aromatic rings. The van der Waals surface area contributed by atoms with Crippen LogP contribution in [0.1, 0.15) is 17.3 Å². The Hall–Kier alpha value is -0.330. The molecule has 1 amide bonds. The Bertz CT molecular complexity index is 439.